The Balaban J connectivity index is 1.69. The van der Waals surface area contributed by atoms with Gasteiger partial charge in [0.2, 0.25) is 5.91 Å². The lowest BCUT2D eigenvalue weighted by molar-refractivity contribution is -0.133. The summed E-state index contributed by atoms with van der Waals surface area (Å²) < 4.78 is 10.4. The molecule has 0 radical (unpaired) electrons. The molecule has 182 valence electrons. The standard InChI is InChI=1S/C27H29N3O5/c1-3-16-29(27(33)28-23-14-12-22(13-15-23)26(32)34-4-2)20-25(31)30(19-24-11-8-17-35-24)18-21-9-6-5-7-10-21/h3,5-15,17H,1,4,16,18-20H2,2H3,(H,28,33). The predicted molar refractivity (Wildman–Crippen MR) is 133 cm³/mol. The molecule has 0 aliphatic rings. The molecule has 0 atom stereocenters. The summed E-state index contributed by atoms with van der Waals surface area (Å²) in [6.07, 6.45) is 3.12. The second kappa shape index (κ2) is 12.8. The number of esters is 1. The van der Waals surface area contributed by atoms with Crippen LogP contribution in [0.3, 0.4) is 0 Å². The third kappa shape index (κ3) is 7.60. The Hall–Kier alpha value is -4.33. The normalized spacial score (nSPS) is 10.3. The minimum atomic E-state index is -0.459. The SMILES string of the molecule is C=CCN(CC(=O)N(Cc1ccccc1)Cc1ccco1)C(=O)Nc1ccc(C(=O)OCC)cc1. The molecule has 1 aromatic heterocycles. The monoisotopic (exact) mass is 475 g/mol. The summed E-state index contributed by atoms with van der Waals surface area (Å²) in [7, 11) is 0. The van der Waals surface area contributed by atoms with Crippen molar-refractivity contribution in [2.24, 2.45) is 0 Å². The summed E-state index contributed by atoms with van der Waals surface area (Å²) in [6.45, 7) is 6.40. The molecule has 3 aromatic rings. The highest BCUT2D eigenvalue weighted by atomic mass is 16.5. The van der Waals surface area contributed by atoms with Crippen LogP contribution in [0.25, 0.3) is 0 Å². The molecule has 0 aliphatic heterocycles. The van der Waals surface area contributed by atoms with Crippen molar-refractivity contribution in [1.82, 2.24) is 9.80 Å². The molecule has 1 N–H and O–H groups in total. The molecule has 35 heavy (non-hydrogen) atoms. The first kappa shape index (κ1) is 25.3. The number of hydrogen-bond donors (Lipinski definition) is 1. The summed E-state index contributed by atoms with van der Waals surface area (Å²) >= 11 is 0. The van der Waals surface area contributed by atoms with Crippen molar-refractivity contribution in [3.8, 4) is 0 Å². The molecule has 0 saturated carbocycles. The fourth-order valence-electron chi connectivity index (χ4n) is 3.37. The number of nitrogens with zero attached hydrogens (tertiary/aromatic N) is 2. The van der Waals surface area contributed by atoms with E-state index in [1.807, 2.05) is 30.3 Å². The van der Waals surface area contributed by atoms with Gasteiger partial charge in [-0.3, -0.25) is 4.79 Å². The number of amides is 3. The number of anilines is 1. The van der Waals surface area contributed by atoms with Crippen LogP contribution in [0, 0.1) is 0 Å². The lowest BCUT2D eigenvalue weighted by Gasteiger charge is -2.27. The zero-order valence-corrected chi connectivity index (χ0v) is 19.7. The lowest BCUT2D eigenvalue weighted by Crippen LogP contribution is -2.44. The van der Waals surface area contributed by atoms with Crippen molar-refractivity contribution < 1.29 is 23.5 Å². The average molecular weight is 476 g/mol. The predicted octanol–water partition coefficient (Wildman–Crippen LogP) is 4.71. The van der Waals surface area contributed by atoms with Gasteiger partial charge in [-0.05, 0) is 48.9 Å². The number of hydrogen-bond acceptors (Lipinski definition) is 5. The second-order valence-corrected chi connectivity index (χ2v) is 7.71. The maximum Gasteiger partial charge on any atom is 0.338 e. The first-order chi connectivity index (χ1) is 17.0. The van der Waals surface area contributed by atoms with E-state index >= 15 is 0 Å². The third-order valence-electron chi connectivity index (χ3n) is 5.11. The molecule has 0 aliphatic carbocycles. The highest BCUT2D eigenvalue weighted by molar-refractivity contribution is 5.94. The fourth-order valence-corrected chi connectivity index (χ4v) is 3.37. The largest absolute Gasteiger partial charge is 0.467 e. The molecular weight excluding hydrogens is 446 g/mol. The molecule has 3 amide bonds. The Bertz CT molecular complexity index is 1110. The van der Waals surface area contributed by atoms with Gasteiger partial charge in [-0.2, -0.15) is 0 Å². The van der Waals surface area contributed by atoms with Gasteiger partial charge in [-0.1, -0.05) is 36.4 Å². The van der Waals surface area contributed by atoms with Gasteiger partial charge < -0.3 is 24.3 Å². The highest BCUT2D eigenvalue weighted by Gasteiger charge is 2.22. The first-order valence-corrected chi connectivity index (χ1v) is 11.3. The number of rotatable bonds is 11. The van der Waals surface area contributed by atoms with Crippen molar-refractivity contribution in [3.05, 3.63) is 103 Å². The van der Waals surface area contributed by atoms with Crippen molar-refractivity contribution in [1.29, 1.82) is 0 Å². The van der Waals surface area contributed by atoms with Gasteiger partial charge in [-0.25, -0.2) is 9.59 Å². The van der Waals surface area contributed by atoms with Crippen molar-refractivity contribution in [3.63, 3.8) is 0 Å². The van der Waals surface area contributed by atoms with E-state index in [9.17, 15) is 14.4 Å². The fraction of sp³-hybridized carbons (Fsp3) is 0.222. The number of carbonyl (C=O) groups is 3. The van der Waals surface area contributed by atoms with Crippen LogP contribution in [0.4, 0.5) is 10.5 Å². The number of ether oxygens (including phenoxy) is 1. The summed E-state index contributed by atoms with van der Waals surface area (Å²) in [5, 5.41) is 2.76. The number of carbonyl (C=O) groups excluding carboxylic acids is 3. The number of nitrogens with one attached hydrogen (secondary N) is 1. The van der Waals surface area contributed by atoms with E-state index in [-0.39, 0.29) is 32.1 Å². The zero-order chi connectivity index (χ0) is 25.0. The quantitative estimate of drug-likeness (QED) is 0.320. The topological polar surface area (TPSA) is 92.1 Å². The Morgan fingerprint density at radius 2 is 1.71 bits per heavy atom. The zero-order valence-electron chi connectivity index (χ0n) is 19.7. The molecule has 1 heterocycles. The summed E-state index contributed by atoms with van der Waals surface area (Å²) in [6, 6.07) is 19.1. The Morgan fingerprint density at radius 1 is 0.971 bits per heavy atom. The molecule has 0 spiro atoms. The van der Waals surface area contributed by atoms with E-state index in [4.69, 9.17) is 9.15 Å². The average Bonchev–Trinajstić information content (AvgIpc) is 3.38. The second-order valence-electron chi connectivity index (χ2n) is 7.71. The van der Waals surface area contributed by atoms with Crippen LogP contribution in [0.15, 0.2) is 90.1 Å². The third-order valence-corrected chi connectivity index (χ3v) is 5.11. The van der Waals surface area contributed by atoms with Gasteiger partial charge in [0.25, 0.3) is 0 Å². The summed E-state index contributed by atoms with van der Waals surface area (Å²) in [5.41, 5.74) is 1.84. The summed E-state index contributed by atoms with van der Waals surface area (Å²) in [5.74, 6) is -0.0186. The van der Waals surface area contributed by atoms with Crippen LogP contribution in [-0.4, -0.2) is 47.4 Å². The highest BCUT2D eigenvalue weighted by Crippen LogP contribution is 2.14. The van der Waals surface area contributed by atoms with Gasteiger partial charge in [0.05, 0.1) is 25.0 Å². The van der Waals surface area contributed by atoms with Crippen LogP contribution in [0.2, 0.25) is 0 Å². The van der Waals surface area contributed by atoms with Gasteiger partial charge in [0.15, 0.2) is 0 Å². The van der Waals surface area contributed by atoms with E-state index < -0.39 is 12.0 Å². The number of urea groups is 1. The Morgan fingerprint density at radius 3 is 2.34 bits per heavy atom. The maximum atomic E-state index is 13.3. The smallest absolute Gasteiger partial charge is 0.338 e. The van der Waals surface area contributed by atoms with Crippen LogP contribution < -0.4 is 5.32 Å². The van der Waals surface area contributed by atoms with Crippen LogP contribution in [0.1, 0.15) is 28.6 Å². The van der Waals surface area contributed by atoms with Gasteiger partial charge in [-0.15, -0.1) is 6.58 Å². The van der Waals surface area contributed by atoms with Gasteiger partial charge >= 0.3 is 12.0 Å². The molecule has 0 saturated heterocycles. The van der Waals surface area contributed by atoms with Crippen LogP contribution in [0.5, 0.6) is 0 Å². The number of furan rings is 1. The molecule has 0 bridgehead atoms. The van der Waals surface area contributed by atoms with Crippen LogP contribution >= 0.6 is 0 Å². The molecule has 0 fully saturated rings. The maximum absolute atomic E-state index is 13.3. The van der Waals surface area contributed by atoms with Crippen molar-refractivity contribution in [2.75, 3.05) is 25.0 Å². The van der Waals surface area contributed by atoms with E-state index in [1.54, 1.807) is 60.6 Å². The van der Waals surface area contributed by atoms with Crippen LogP contribution in [-0.2, 0) is 22.6 Å². The van der Waals surface area contributed by atoms with E-state index in [1.165, 1.54) is 4.90 Å². The molecule has 2 aromatic carbocycles. The molecule has 8 nitrogen and oxygen atoms in total. The van der Waals surface area contributed by atoms with E-state index in [0.29, 0.717) is 23.6 Å². The molecule has 0 unspecified atom stereocenters. The molecule has 8 heteroatoms. The van der Waals surface area contributed by atoms with Gasteiger partial charge in [0.1, 0.15) is 12.3 Å². The molecular formula is C27H29N3O5. The van der Waals surface area contributed by atoms with Gasteiger partial charge in [0, 0.05) is 18.8 Å². The molecule has 3 rings (SSSR count). The Labute approximate surface area is 204 Å². The lowest BCUT2D eigenvalue weighted by atomic mass is 10.2. The summed E-state index contributed by atoms with van der Waals surface area (Å²) in [4.78, 5) is 41.1. The van der Waals surface area contributed by atoms with E-state index in [0.717, 1.165) is 5.56 Å². The first-order valence-electron chi connectivity index (χ1n) is 11.3. The number of benzene rings is 2. The minimum absolute atomic E-state index is 0.147. The Kier molecular flexibility index (Phi) is 9.24. The minimum Gasteiger partial charge on any atom is -0.467 e. The van der Waals surface area contributed by atoms with Crippen molar-refractivity contribution >= 4 is 23.6 Å². The van der Waals surface area contributed by atoms with Crippen molar-refractivity contribution in [2.45, 2.75) is 20.0 Å². The van der Waals surface area contributed by atoms with E-state index in [2.05, 4.69) is 11.9 Å².